The van der Waals surface area contributed by atoms with Gasteiger partial charge in [0.25, 0.3) is 0 Å². The summed E-state index contributed by atoms with van der Waals surface area (Å²) in [6, 6.07) is 6.22. The lowest BCUT2D eigenvalue weighted by atomic mass is 10.1. The fraction of sp³-hybridized carbons (Fsp3) is 0.357. The van der Waals surface area contributed by atoms with Crippen molar-refractivity contribution in [2.45, 2.75) is 18.2 Å². The maximum absolute atomic E-state index is 11.4. The van der Waals surface area contributed by atoms with Crippen molar-refractivity contribution < 1.29 is 24.2 Å². The number of thioether (sulfide) groups is 1. The van der Waals surface area contributed by atoms with Gasteiger partial charge in [0, 0.05) is 5.75 Å². The number of ether oxygens (including phenoxy) is 1. The van der Waals surface area contributed by atoms with Gasteiger partial charge in [0.15, 0.2) is 0 Å². The summed E-state index contributed by atoms with van der Waals surface area (Å²) in [4.78, 5) is 32.5. The number of hydrogen-bond acceptors (Lipinski definition) is 5. The quantitative estimate of drug-likeness (QED) is 0.406. The first-order chi connectivity index (χ1) is 10.1. The Hall–Kier alpha value is -2.02. The zero-order valence-electron chi connectivity index (χ0n) is 11.6. The van der Waals surface area contributed by atoms with Gasteiger partial charge in [0.1, 0.15) is 6.04 Å². The monoisotopic (exact) mass is 311 g/mol. The van der Waals surface area contributed by atoms with Gasteiger partial charge in [-0.2, -0.15) is 11.8 Å². The van der Waals surface area contributed by atoms with Crippen LogP contribution in [-0.2, 0) is 20.1 Å². The zero-order valence-corrected chi connectivity index (χ0v) is 12.4. The lowest BCUT2D eigenvalue weighted by Crippen LogP contribution is -2.36. The minimum absolute atomic E-state index is 0.343. The van der Waals surface area contributed by atoms with Crippen molar-refractivity contribution in [3.63, 3.8) is 0 Å². The lowest BCUT2D eigenvalue weighted by molar-refractivity contribution is -0.140. The second kappa shape index (κ2) is 9.02. The molecule has 0 heterocycles. The van der Waals surface area contributed by atoms with E-state index in [1.165, 1.54) is 18.9 Å². The third-order valence-corrected chi connectivity index (χ3v) is 3.80. The molecule has 7 heteroatoms. The molecule has 0 spiro atoms. The Balaban J connectivity index is 2.43. The van der Waals surface area contributed by atoms with Gasteiger partial charge >= 0.3 is 11.9 Å². The molecule has 0 bridgehead atoms. The van der Waals surface area contributed by atoms with Crippen LogP contribution >= 0.6 is 11.8 Å². The molecule has 21 heavy (non-hydrogen) atoms. The largest absolute Gasteiger partial charge is 0.480 e. The average molecular weight is 311 g/mol. The zero-order chi connectivity index (χ0) is 15.7. The Labute approximate surface area is 126 Å². The third kappa shape index (κ3) is 5.86. The Bertz CT molecular complexity index is 506. The Kier molecular flexibility index (Phi) is 7.31. The van der Waals surface area contributed by atoms with Crippen LogP contribution in [0.25, 0.3) is 0 Å². The molecule has 0 saturated carbocycles. The molecule has 1 rings (SSSR count). The van der Waals surface area contributed by atoms with Crippen LogP contribution in [-0.4, -0.2) is 42.4 Å². The van der Waals surface area contributed by atoms with E-state index >= 15 is 0 Å². The summed E-state index contributed by atoms with van der Waals surface area (Å²) < 4.78 is 4.65. The molecular weight excluding hydrogens is 294 g/mol. The molecule has 2 N–H and O–H groups in total. The first kappa shape index (κ1) is 17.0. The predicted molar refractivity (Wildman–Crippen MR) is 79.2 cm³/mol. The highest BCUT2D eigenvalue weighted by atomic mass is 32.2. The molecule has 1 amide bonds. The van der Waals surface area contributed by atoms with E-state index in [9.17, 15) is 14.4 Å². The van der Waals surface area contributed by atoms with Crippen LogP contribution < -0.4 is 5.32 Å². The van der Waals surface area contributed by atoms with Crippen LogP contribution in [0.5, 0.6) is 0 Å². The van der Waals surface area contributed by atoms with Gasteiger partial charge in [-0.3, -0.25) is 4.79 Å². The molecule has 0 fully saturated rings. The standard InChI is InChI=1S/C14H17NO5S/c1-20-14(19)11-4-2-3-10(7-11)8-21-6-5-12(13(17)18)15-9-16/h2-4,7,9,12H,5-6,8H2,1H3,(H,15,16)(H,17,18). The van der Waals surface area contributed by atoms with Gasteiger partial charge in [0.05, 0.1) is 12.7 Å². The van der Waals surface area contributed by atoms with Gasteiger partial charge in [-0.1, -0.05) is 12.1 Å². The van der Waals surface area contributed by atoms with Crippen LogP contribution in [0.2, 0.25) is 0 Å². The number of carbonyl (C=O) groups excluding carboxylic acids is 2. The number of benzene rings is 1. The van der Waals surface area contributed by atoms with E-state index in [1.54, 1.807) is 18.2 Å². The second-order valence-electron chi connectivity index (χ2n) is 4.21. The first-order valence-electron chi connectivity index (χ1n) is 6.26. The molecule has 0 saturated heterocycles. The van der Waals surface area contributed by atoms with E-state index in [0.29, 0.717) is 29.9 Å². The number of carbonyl (C=O) groups is 3. The van der Waals surface area contributed by atoms with Gasteiger partial charge in [-0.05, 0) is 29.9 Å². The molecule has 1 unspecified atom stereocenters. The van der Waals surface area contributed by atoms with E-state index < -0.39 is 12.0 Å². The number of aliphatic carboxylic acids is 1. The first-order valence-corrected chi connectivity index (χ1v) is 7.41. The van der Waals surface area contributed by atoms with E-state index in [0.717, 1.165) is 5.56 Å². The highest BCUT2D eigenvalue weighted by molar-refractivity contribution is 7.98. The fourth-order valence-electron chi connectivity index (χ4n) is 1.66. The van der Waals surface area contributed by atoms with Crippen molar-refractivity contribution in [2.24, 2.45) is 0 Å². The van der Waals surface area contributed by atoms with E-state index in [-0.39, 0.29) is 5.97 Å². The average Bonchev–Trinajstić information content (AvgIpc) is 2.49. The second-order valence-corrected chi connectivity index (χ2v) is 5.31. The van der Waals surface area contributed by atoms with Crippen molar-refractivity contribution in [1.29, 1.82) is 0 Å². The summed E-state index contributed by atoms with van der Waals surface area (Å²) in [6.45, 7) is 0. The Morgan fingerprint density at radius 3 is 2.86 bits per heavy atom. The smallest absolute Gasteiger partial charge is 0.337 e. The lowest BCUT2D eigenvalue weighted by Gasteiger charge is -2.10. The van der Waals surface area contributed by atoms with Crippen LogP contribution in [0, 0.1) is 0 Å². The molecule has 114 valence electrons. The predicted octanol–water partition coefficient (Wildman–Crippen LogP) is 1.30. The fourth-order valence-corrected chi connectivity index (χ4v) is 2.62. The molecule has 1 aromatic rings. The minimum Gasteiger partial charge on any atom is -0.480 e. The molecule has 6 nitrogen and oxygen atoms in total. The Morgan fingerprint density at radius 2 is 2.24 bits per heavy atom. The maximum atomic E-state index is 11.4. The maximum Gasteiger partial charge on any atom is 0.337 e. The number of amides is 1. The van der Waals surface area contributed by atoms with Crippen LogP contribution in [0.1, 0.15) is 22.3 Å². The molecule has 1 atom stereocenters. The number of methoxy groups -OCH3 is 1. The number of esters is 1. The van der Waals surface area contributed by atoms with Crippen molar-refractivity contribution >= 4 is 30.1 Å². The van der Waals surface area contributed by atoms with E-state index in [4.69, 9.17) is 5.11 Å². The third-order valence-electron chi connectivity index (χ3n) is 2.73. The summed E-state index contributed by atoms with van der Waals surface area (Å²) in [5.74, 6) is -0.197. The van der Waals surface area contributed by atoms with Crippen molar-refractivity contribution in [3.05, 3.63) is 35.4 Å². The molecular formula is C14H17NO5S. The normalized spacial score (nSPS) is 11.5. The number of carboxylic acid groups (broad SMARTS) is 1. The SMILES string of the molecule is COC(=O)c1cccc(CSCCC(NC=O)C(=O)O)c1. The van der Waals surface area contributed by atoms with E-state index in [1.807, 2.05) is 6.07 Å². The van der Waals surface area contributed by atoms with Crippen LogP contribution in [0.3, 0.4) is 0 Å². The van der Waals surface area contributed by atoms with Gasteiger partial charge in [-0.15, -0.1) is 0 Å². The summed E-state index contributed by atoms with van der Waals surface area (Å²) >= 11 is 1.53. The van der Waals surface area contributed by atoms with Gasteiger partial charge in [-0.25, -0.2) is 9.59 Å². The van der Waals surface area contributed by atoms with Crippen molar-refractivity contribution in [3.8, 4) is 0 Å². The number of carboxylic acids is 1. The molecule has 0 aromatic heterocycles. The van der Waals surface area contributed by atoms with Crippen molar-refractivity contribution in [1.82, 2.24) is 5.32 Å². The molecule has 0 aliphatic carbocycles. The highest BCUT2D eigenvalue weighted by Gasteiger charge is 2.15. The van der Waals surface area contributed by atoms with E-state index in [2.05, 4.69) is 10.1 Å². The Morgan fingerprint density at radius 1 is 1.48 bits per heavy atom. The van der Waals surface area contributed by atoms with Gasteiger partial charge < -0.3 is 15.2 Å². The summed E-state index contributed by atoms with van der Waals surface area (Å²) in [5.41, 5.74) is 1.44. The van der Waals surface area contributed by atoms with Crippen LogP contribution in [0.15, 0.2) is 24.3 Å². The van der Waals surface area contributed by atoms with Crippen molar-refractivity contribution in [2.75, 3.05) is 12.9 Å². The number of hydrogen-bond donors (Lipinski definition) is 2. The summed E-state index contributed by atoms with van der Waals surface area (Å²) in [5, 5.41) is 11.1. The number of nitrogens with one attached hydrogen (secondary N) is 1. The molecule has 0 radical (unpaired) electrons. The topological polar surface area (TPSA) is 92.7 Å². The highest BCUT2D eigenvalue weighted by Crippen LogP contribution is 2.16. The summed E-state index contributed by atoms with van der Waals surface area (Å²) in [7, 11) is 1.33. The molecule has 0 aliphatic rings. The van der Waals surface area contributed by atoms with Gasteiger partial charge in [0.2, 0.25) is 6.41 Å². The summed E-state index contributed by atoms with van der Waals surface area (Å²) in [6.07, 6.45) is 0.735. The minimum atomic E-state index is -1.05. The number of rotatable bonds is 9. The van der Waals surface area contributed by atoms with Crippen LogP contribution in [0.4, 0.5) is 0 Å². The molecule has 0 aliphatic heterocycles. The molecule has 1 aromatic carbocycles.